The van der Waals surface area contributed by atoms with Crippen LogP contribution in [0.1, 0.15) is 20.3 Å². The van der Waals surface area contributed by atoms with E-state index in [1.807, 2.05) is 6.92 Å². The van der Waals surface area contributed by atoms with E-state index in [1.54, 1.807) is 17.3 Å². The van der Waals surface area contributed by atoms with Crippen LogP contribution in [-0.4, -0.2) is 17.1 Å². The molecule has 0 aromatic rings. The molecule has 0 fully saturated rings. The van der Waals surface area contributed by atoms with Crippen molar-refractivity contribution in [2.24, 2.45) is 10.1 Å². The van der Waals surface area contributed by atoms with E-state index >= 15 is 0 Å². The second-order valence-electron chi connectivity index (χ2n) is 3.00. The van der Waals surface area contributed by atoms with Gasteiger partial charge in [-0.15, -0.1) is 5.10 Å². The molecule has 0 aliphatic carbocycles. The molecule has 1 rings (SSSR count). The van der Waals surface area contributed by atoms with Gasteiger partial charge in [-0.05, 0) is 19.4 Å². The quantitative estimate of drug-likeness (QED) is 0.670. The monoisotopic (exact) mass is 189 g/mol. The Balaban J connectivity index is 3.00. The number of hydrogen-bond acceptors (Lipinski definition) is 3. The second-order valence-corrected chi connectivity index (χ2v) is 3.00. The summed E-state index contributed by atoms with van der Waals surface area (Å²) >= 11 is 0. The van der Waals surface area contributed by atoms with Gasteiger partial charge in [0.25, 0.3) is 0 Å². The van der Waals surface area contributed by atoms with Crippen LogP contribution in [-0.2, 0) is 0 Å². The Hall–Kier alpha value is -1.64. The Morgan fingerprint density at radius 3 is 2.86 bits per heavy atom. The zero-order valence-electron chi connectivity index (χ0n) is 8.70. The molecule has 0 atom stereocenters. The van der Waals surface area contributed by atoms with Crippen LogP contribution < -0.4 is 0 Å². The van der Waals surface area contributed by atoms with Crippen molar-refractivity contribution in [1.82, 2.24) is 5.01 Å². The Kier molecular flexibility index (Phi) is 3.40. The summed E-state index contributed by atoms with van der Waals surface area (Å²) in [4.78, 5) is 4.14. The molecular weight excluding hydrogens is 174 g/mol. The maximum absolute atomic E-state index is 4.27. The van der Waals surface area contributed by atoms with Gasteiger partial charge in [0.15, 0.2) is 5.84 Å². The maximum Gasteiger partial charge on any atom is 0.172 e. The van der Waals surface area contributed by atoms with Crippen molar-refractivity contribution in [3.8, 4) is 0 Å². The van der Waals surface area contributed by atoms with Crippen LogP contribution >= 0.6 is 0 Å². The highest BCUT2D eigenvalue weighted by Gasteiger charge is 2.11. The van der Waals surface area contributed by atoms with Crippen molar-refractivity contribution in [1.29, 1.82) is 0 Å². The van der Waals surface area contributed by atoms with Crippen LogP contribution in [0.3, 0.4) is 0 Å². The number of amidine groups is 1. The lowest BCUT2D eigenvalue weighted by Gasteiger charge is -2.22. The number of aliphatic imine (C=N–C) groups is 1. The van der Waals surface area contributed by atoms with Gasteiger partial charge in [0.1, 0.15) is 0 Å². The van der Waals surface area contributed by atoms with Crippen molar-refractivity contribution < 1.29 is 0 Å². The van der Waals surface area contributed by atoms with Gasteiger partial charge in [0, 0.05) is 5.70 Å². The minimum atomic E-state index is 0.612. The first-order valence-corrected chi connectivity index (χ1v) is 4.60. The fraction of sp³-hybridized carbons (Fsp3) is 0.273. The molecule has 3 nitrogen and oxygen atoms in total. The maximum atomic E-state index is 4.27. The predicted molar refractivity (Wildman–Crippen MR) is 61.2 cm³/mol. The highest BCUT2D eigenvalue weighted by atomic mass is 15.5. The molecule has 1 aliphatic rings. The molecule has 1 aliphatic heterocycles. The van der Waals surface area contributed by atoms with Gasteiger partial charge in [-0.3, -0.25) is 0 Å². The normalized spacial score (nSPS) is 18.3. The SMILES string of the molecule is C=CC1=NN(C(=C)C)C(=CCC)C=N1. The van der Waals surface area contributed by atoms with Gasteiger partial charge >= 0.3 is 0 Å². The average molecular weight is 189 g/mol. The van der Waals surface area contributed by atoms with Crippen LogP contribution in [0.2, 0.25) is 0 Å². The largest absolute Gasteiger partial charge is 0.235 e. The van der Waals surface area contributed by atoms with Crippen LogP contribution in [0.4, 0.5) is 0 Å². The van der Waals surface area contributed by atoms with E-state index < -0.39 is 0 Å². The first kappa shape index (κ1) is 10.4. The molecule has 0 radical (unpaired) electrons. The van der Waals surface area contributed by atoms with Gasteiger partial charge in [-0.25, -0.2) is 10.0 Å². The van der Waals surface area contributed by atoms with Crippen molar-refractivity contribution in [2.45, 2.75) is 20.3 Å². The molecule has 0 amide bonds. The Labute approximate surface area is 84.8 Å². The zero-order valence-corrected chi connectivity index (χ0v) is 8.70. The van der Waals surface area contributed by atoms with Gasteiger partial charge in [0.05, 0.1) is 11.9 Å². The molecule has 74 valence electrons. The lowest BCUT2D eigenvalue weighted by molar-refractivity contribution is 0.476. The summed E-state index contributed by atoms with van der Waals surface area (Å²) < 4.78 is 0. The van der Waals surface area contributed by atoms with Crippen LogP contribution in [0.15, 0.2) is 46.8 Å². The summed E-state index contributed by atoms with van der Waals surface area (Å²) in [6.45, 7) is 11.5. The van der Waals surface area contributed by atoms with Gasteiger partial charge < -0.3 is 0 Å². The number of rotatable bonds is 3. The zero-order chi connectivity index (χ0) is 10.6. The molecule has 0 spiro atoms. The smallest absolute Gasteiger partial charge is 0.172 e. The highest BCUT2D eigenvalue weighted by Crippen LogP contribution is 2.15. The molecule has 0 saturated heterocycles. The minimum absolute atomic E-state index is 0.612. The fourth-order valence-electron chi connectivity index (χ4n) is 1.12. The summed E-state index contributed by atoms with van der Waals surface area (Å²) in [5.41, 5.74) is 1.83. The summed E-state index contributed by atoms with van der Waals surface area (Å²) in [6, 6.07) is 0. The average Bonchev–Trinajstić information content (AvgIpc) is 2.18. The summed E-state index contributed by atoms with van der Waals surface area (Å²) in [7, 11) is 0. The molecule has 0 unspecified atom stereocenters. The summed E-state index contributed by atoms with van der Waals surface area (Å²) in [6.07, 6.45) is 6.41. The van der Waals surface area contributed by atoms with Crippen molar-refractivity contribution in [2.75, 3.05) is 0 Å². The first-order valence-electron chi connectivity index (χ1n) is 4.60. The van der Waals surface area contributed by atoms with Crippen molar-refractivity contribution in [3.63, 3.8) is 0 Å². The molecule has 0 bridgehead atoms. The Morgan fingerprint density at radius 1 is 1.64 bits per heavy atom. The van der Waals surface area contributed by atoms with E-state index in [1.165, 1.54) is 0 Å². The fourth-order valence-corrected chi connectivity index (χ4v) is 1.12. The molecular formula is C11H15N3. The standard InChI is InChI=1S/C11H15N3/c1-5-7-10-8-12-11(6-2)13-14(10)9(3)4/h6-8H,2-3,5H2,1,4H3. The molecule has 0 saturated carbocycles. The summed E-state index contributed by atoms with van der Waals surface area (Å²) in [5, 5.41) is 6.04. The second kappa shape index (κ2) is 4.56. The topological polar surface area (TPSA) is 28.0 Å². The van der Waals surface area contributed by atoms with E-state index in [2.05, 4.69) is 36.3 Å². The van der Waals surface area contributed by atoms with E-state index in [-0.39, 0.29) is 0 Å². The van der Waals surface area contributed by atoms with Crippen molar-refractivity contribution >= 4 is 12.1 Å². The number of nitrogens with zero attached hydrogens (tertiary/aromatic N) is 3. The number of hydrazone groups is 1. The third-order valence-electron chi connectivity index (χ3n) is 1.73. The molecule has 14 heavy (non-hydrogen) atoms. The van der Waals surface area contributed by atoms with Crippen LogP contribution in [0.25, 0.3) is 0 Å². The Bertz CT molecular complexity index is 334. The van der Waals surface area contributed by atoms with Crippen LogP contribution in [0, 0.1) is 0 Å². The summed E-state index contributed by atoms with van der Waals surface area (Å²) in [5.74, 6) is 0.612. The van der Waals surface area contributed by atoms with Gasteiger partial charge in [0.2, 0.25) is 0 Å². The lowest BCUT2D eigenvalue weighted by Crippen LogP contribution is -2.20. The predicted octanol–water partition coefficient (Wildman–Crippen LogP) is 2.70. The third-order valence-corrected chi connectivity index (χ3v) is 1.73. The van der Waals surface area contributed by atoms with E-state index in [0.717, 1.165) is 17.8 Å². The Morgan fingerprint density at radius 2 is 2.36 bits per heavy atom. The molecule has 0 aromatic carbocycles. The molecule has 3 heteroatoms. The third kappa shape index (κ3) is 2.19. The number of hydrogen-bond donors (Lipinski definition) is 0. The van der Waals surface area contributed by atoms with E-state index in [0.29, 0.717) is 5.84 Å². The van der Waals surface area contributed by atoms with E-state index in [4.69, 9.17) is 0 Å². The molecule has 0 aromatic heterocycles. The van der Waals surface area contributed by atoms with E-state index in [9.17, 15) is 0 Å². The van der Waals surface area contributed by atoms with Crippen molar-refractivity contribution in [3.05, 3.63) is 36.7 Å². The van der Waals surface area contributed by atoms with Gasteiger partial charge in [-0.1, -0.05) is 26.2 Å². The van der Waals surface area contributed by atoms with Crippen LogP contribution in [0.5, 0.6) is 0 Å². The highest BCUT2D eigenvalue weighted by molar-refractivity contribution is 6.02. The molecule has 1 heterocycles. The lowest BCUT2D eigenvalue weighted by atomic mass is 10.3. The molecule has 0 N–H and O–H groups in total. The minimum Gasteiger partial charge on any atom is -0.235 e. The van der Waals surface area contributed by atoms with Gasteiger partial charge in [-0.2, -0.15) is 0 Å². The first-order chi connectivity index (χ1) is 6.69. The number of allylic oxidation sites excluding steroid dienone is 3.